The number of hydrogen-bond donors (Lipinski definition) is 3. The molecule has 0 spiro atoms. The average Bonchev–Trinajstić information content (AvgIpc) is 2.47. The number of hydrogen-bond acceptors (Lipinski definition) is 4. The molecule has 0 amide bonds. The Kier molecular flexibility index (Phi) is 6.78. The molecule has 5 nitrogen and oxygen atoms in total. The van der Waals surface area contributed by atoms with Gasteiger partial charge in [0.2, 0.25) is 0 Å². The van der Waals surface area contributed by atoms with Crippen molar-refractivity contribution < 1.29 is 9.94 Å². The number of amidine groups is 1. The lowest BCUT2D eigenvalue weighted by molar-refractivity contribution is 0.304. The molecule has 0 saturated heterocycles. The van der Waals surface area contributed by atoms with Gasteiger partial charge in [-0.05, 0) is 31.5 Å². The van der Waals surface area contributed by atoms with Gasteiger partial charge >= 0.3 is 0 Å². The zero-order chi connectivity index (χ0) is 15.9. The van der Waals surface area contributed by atoms with Gasteiger partial charge in [-0.2, -0.15) is 0 Å². The largest absolute Gasteiger partial charge is 0.496 e. The number of benzene rings is 1. The van der Waals surface area contributed by atoms with E-state index in [9.17, 15) is 0 Å². The highest BCUT2D eigenvalue weighted by Crippen LogP contribution is 2.26. The molecular weight excluding hydrogens is 290 g/mol. The van der Waals surface area contributed by atoms with Crippen molar-refractivity contribution >= 4 is 17.4 Å². The molecule has 0 aliphatic heterocycles. The molecule has 118 valence electrons. The molecule has 1 rings (SSSR count). The first-order valence-corrected chi connectivity index (χ1v) is 7.30. The molecule has 1 aromatic carbocycles. The van der Waals surface area contributed by atoms with Crippen LogP contribution in [0.15, 0.2) is 23.4 Å². The molecule has 21 heavy (non-hydrogen) atoms. The molecule has 0 saturated carbocycles. The summed E-state index contributed by atoms with van der Waals surface area (Å²) >= 11 is 6.17. The molecule has 0 atom stereocenters. The van der Waals surface area contributed by atoms with Gasteiger partial charge < -0.3 is 21.0 Å². The zero-order valence-corrected chi connectivity index (χ0v) is 13.6. The van der Waals surface area contributed by atoms with Crippen LogP contribution in [0.3, 0.4) is 0 Å². The summed E-state index contributed by atoms with van der Waals surface area (Å²) in [4.78, 5) is 0. The number of nitrogens with zero attached hydrogens (tertiary/aromatic N) is 1. The van der Waals surface area contributed by atoms with Crippen molar-refractivity contribution in [2.45, 2.75) is 33.2 Å². The van der Waals surface area contributed by atoms with Crippen LogP contribution in [0.4, 0.5) is 0 Å². The highest BCUT2D eigenvalue weighted by Gasteiger charge is 2.22. The quantitative estimate of drug-likeness (QED) is 0.227. The molecule has 0 unspecified atom stereocenters. The molecule has 0 bridgehead atoms. The average molecular weight is 314 g/mol. The van der Waals surface area contributed by atoms with Crippen molar-refractivity contribution in [1.29, 1.82) is 0 Å². The summed E-state index contributed by atoms with van der Waals surface area (Å²) in [5.74, 6) is 1.04. The summed E-state index contributed by atoms with van der Waals surface area (Å²) < 4.78 is 5.30. The number of halogens is 1. The third-order valence-electron chi connectivity index (χ3n) is 3.55. The van der Waals surface area contributed by atoms with E-state index < -0.39 is 0 Å². The van der Waals surface area contributed by atoms with Crippen LogP contribution in [0.5, 0.6) is 5.75 Å². The summed E-state index contributed by atoms with van der Waals surface area (Å²) in [5.41, 5.74) is 6.31. The van der Waals surface area contributed by atoms with Crippen LogP contribution in [0.25, 0.3) is 0 Å². The highest BCUT2D eigenvalue weighted by atomic mass is 35.5. The van der Waals surface area contributed by atoms with E-state index in [1.165, 1.54) is 0 Å². The number of ether oxygens (including phenoxy) is 1. The van der Waals surface area contributed by atoms with Crippen molar-refractivity contribution in [3.63, 3.8) is 0 Å². The highest BCUT2D eigenvalue weighted by molar-refractivity contribution is 6.31. The van der Waals surface area contributed by atoms with E-state index in [1.807, 2.05) is 32.0 Å². The number of rotatable bonds is 8. The Bertz CT molecular complexity index is 490. The maximum atomic E-state index is 8.73. The summed E-state index contributed by atoms with van der Waals surface area (Å²) in [6, 6.07) is 5.61. The SMILES string of the molecule is COc1cccc(Cl)c1CNCCCC(C)(C)/C(N)=N/O. The predicted octanol–water partition coefficient (Wildman–Crippen LogP) is 2.99. The fourth-order valence-corrected chi connectivity index (χ4v) is 2.27. The third-order valence-corrected chi connectivity index (χ3v) is 3.91. The minimum atomic E-state index is -0.307. The number of nitrogens with one attached hydrogen (secondary N) is 1. The number of methoxy groups -OCH3 is 1. The fraction of sp³-hybridized carbons (Fsp3) is 0.533. The molecule has 4 N–H and O–H groups in total. The second-order valence-corrected chi connectivity index (χ2v) is 5.98. The second-order valence-electron chi connectivity index (χ2n) is 5.57. The normalized spacial score (nSPS) is 12.5. The Labute approximate surface area is 131 Å². The van der Waals surface area contributed by atoms with Crippen LogP contribution in [0, 0.1) is 5.41 Å². The van der Waals surface area contributed by atoms with Crippen molar-refractivity contribution in [3.8, 4) is 5.75 Å². The summed E-state index contributed by atoms with van der Waals surface area (Å²) in [5, 5.41) is 15.8. The van der Waals surface area contributed by atoms with E-state index >= 15 is 0 Å². The minimum Gasteiger partial charge on any atom is -0.496 e. The van der Waals surface area contributed by atoms with E-state index in [4.69, 9.17) is 27.3 Å². The molecule has 6 heteroatoms. The van der Waals surface area contributed by atoms with E-state index in [2.05, 4.69) is 10.5 Å². The Morgan fingerprint density at radius 3 is 2.81 bits per heavy atom. The molecule has 0 aromatic heterocycles. The number of nitrogens with two attached hydrogens (primary N) is 1. The maximum absolute atomic E-state index is 8.73. The van der Waals surface area contributed by atoms with Crippen molar-refractivity contribution in [2.75, 3.05) is 13.7 Å². The minimum absolute atomic E-state index is 0.260. The second kappa shape index (κ2) is 8.10. The first-order chi connectivity index (χ1) is 9.92. The van der Waals surface area contributed by atoms with E-state index in [-0.39, 0.29) is 11.3 Å². The molecule has 0 radical (unpaired) electrons. The topological polar surface area (TPSA) is 79.9 Å². The van der Waals surface area contributed by atoms with Crippen LogP contribution < -0.4 is 15.8 Å². The third kappa shape index (κ3) is 5.10. The van der Waals surface area contributed by atoms with Crippen LogP contribution >= 0.6 is 11.6 Å². The van der Waals surface area contributed by atoms with Gasteiger partial charge in [0.05, 0.1) is 7.11 Å². The van der Waals surface area contributed by atoms with Crippen molar-refractivity contribution in [1.82, 2.24) is 5.32 Å². The van der Waals surface area contributed by atoms with Gasteiger partial charge in [0.25, 0.3) is 0 Å². The molecule has 0 heterocycles. The smallest absolute Gasteiger partial charge is 0.144 e. The molecule has 0 aliphatic rings. The van der Waals surface area contributed by atoms with Crippen LogP contribution in [0.2, 0.25) is 5.02 Å². The van der Waals surface area contributed by atoms with Gasteiger partial charge in [-0.25, -0.2) is 0 Å². The van der Waals surface area contributed by atoms with E-state index in [1.54, 1.807) is 7.11 Å². The number of oxime groups is 1. The monoisotopic (exact) mass is 313 g/mol. The Balaban J connectivity index is 2.42. The molecular formula is C15H24ClN3O2. The fourth-order valence-electron chi connectivity index (χ4n) is 2.03. The zero-order valence-electron chi connectivity index (χ0n) is 12.8. The lowest BCUT2D eigenvalue weighted by atomic mass is 9.86. The van der Waals surface area contributed by atoms with E-state index in [0.717, 1.165) is 30.7 Å². The molecule has 0 fully saturated rings. The first kappa shape index (κ1) is 17.6. The maximum Gasteiger partial charge on any atom is 0.144 e. The van der Waals surface area contributed by atoms with Gasteiger partial charge in [0.15, 0.2) is 0 Å². The Morgan fingerprint density at radius 2 is 2.19 bits per heavy atom. The Hall–Kier alpha value is -1.46. The van der Waals surface area contributed by atoms with Crippen LogP contribution in [-0.4, -0.2) is 24.7 Å². The van der Waals surface area contributed by atoms with Gasteiger partial charge in [0, 0.05) is 22.5 Å². The standard InChI is InChI=1S/C15H24ClN3O2/c1-15(2,14(17)19-20)8-5-9-18-10-11-12(16)6-4-7-13(11)21-3/h4,6-7,18,20H,5,8-10H2,1-3H3,(H2,17,19). The summed E-state index contributed by atoms with van der Waals surface area (Å²) in [6.07, 6.45) is 1.74. The lowest BCUT2D eigenvalue weighted by Gasteiger charge is -2.22. The van der Waals surface area contributed by atoms with E-state index in [0.29, 0.717) is 11.6 Å². The Morgan fingerprint density at radius 1 is 1.48 bits per heavy atom. The van der Waals surface area contributed by atoms with Crippen LogP contribution in [0.1, 0.15) is 32.3 Å². The molecule has 1 aromatic rings. The van der Waals surface area contributed by atoms with Gasteiger partial charge in [0.1, 0.15) is 11.6 Å². The van der Waals surface area contributed by atoms with Gasteiger partial charge in [-0.3, -0.25) is 0 Å². The van der Waals surface area contributed by atoms with Crippen LogP contribution in [-0.2, 0) is 6.54 Å². The lowest BCUT2D eigenvalue weighted by Crippen LogP contribution is -2.32. The molecule has 0 aliphatic carbocycles. The van der Waals surface area contributed by atoms with Gasteiger partial charge in [-0.15, -0.1) is 0 Å². The summed E-state index contributed by atoms with van der Waals surface area (Å²) in [6.45, 7) is 5.38. The first-order valence-electron chi connectivity index (χ1n) is 6.92. The van der Waals surface area contributed by atoms with Crippen molar-refractivity contribution in [3.05, 3.63) is 28.8 Å². The summed E-state index contributed by atoms with van der Waals surface area (Å²) in [7, 11) is 1.63. The van der Waals surface area contributed by atoms with Gasteiger partial charge in [-0.1, -0.05) is 36.7 Å². The van der Waals surface area contributed by atoms with Crippen molar-refractivity contribution in [2.24, 2.45) is 16.3 Å². The predicted molar refractivity (Wildman–Crippen MR) is 86.1 cm³/mol.